The van der Waals surface area contributed by atoms with Crippen LogP contribution < -0.4 is 10.2 Å². The third-order valence-corrected chi connectivity index (χ3v) is 5.18. The number of rotatable bonds is 7. The van der Waals surface area contributed by atoms with Gasteiger partial charge >= 0.3 is 0 Å². The minimum atomic E-state index is -0.0980. The molecule has 0 aromatic heterocycles. The quantitative estimate of drug-likeness (QED) is 0.553. The molecule has 4 nitrogen and oxygen atoms in total. The van der Waals surface area contributed by atoms with Crippen molar-refractivity contribution >= 4 is 23.4 Å². The van der Waals surface area contributed by atoms with Crippen LogP contribution in [-0.4, -0.2) is 24.5 Å². The average molecular weight is 385 g/mol. The topological polar surface area (TPSA) is 50.7 Å². The lowest BCUT2D eigenvalue weighted by Crippen LogP contribution is -2.21. The van der Waals surface area contributed by atoms with Gasteiger partial charge in [0.25, 0.3) is 0 Å². The molecule has 27 heavy (non-hydrogen) atoms. The van der Waals surface area contributed by atoms with Crippen LogP contribution in [0, 0.1) is 0 Å². The number of hydrogen-bond acceptors (Lipinski definition) is 4. The minimum absolute atomic E-state index is 0.0980. The molecule has 2 aromatic rings. The fraction of sp³-hybridized carbons (Fsp3) is 0.364. The second-order valence-electron chi connectivity index (χ2n) is 7.40. The second kappa shape index (κ2) is 9.60. The van der Waals surface area contributed by atoms with E-state index in [4.69, 9.17) is 4.74 Å². The number of ether oxygens (including phenoxy) is 1. The number of amides is 1. The minimum Gasteiger partial charge on any atom is -0.497 e. The molecule has 5 heteroatoms. The van der Waals surface area contributed by atoms with Crippen LogP contribution in [0.4, 0.5) is 0 Å². The Bertz CT molecular complexity index is 775. The first-order valence-corrected chi connectivity index (χ1v) is 10.1. The van der Waals surface area contributed by atoms with E-state index in [2.05, 4.69) is 43.4 Å². The number of nitrogens with zero attached hydrogens (tertiary/aromatic N) is 1. The third-order valence-electron chi connectivity index (χ3n) is 4.18. The van der Waals surface area contributed by atoms with Gasteiger partial charge in [0.05, 0.1) is 18.6 Å². The Labute approximate surface area is 166 Å². The normalized spacial score (nSPS) is 12.0. The Balaban J connectivity index is 1.80. The highest BCUT2D eigenvalue weighted by atomic mass is 32.2. The summed E-state index contributed by atoms with van der Waals surface area (Å²) in [6, 6.07) is 16.2. The first-order valence-electron chi connectivity index (χ1n) is 8.94. The van der Waals surface area contributed by atoms with Gasteiger partial charge < -0.3 is 4.74 Å². The van der Waals surface area contributed by atoms with Gasteiger partial charge in [0.2, 0.25) is 5.91 Å². The molecule has 1 N–H and O–H groups in total. The van der Waals surface area contributed by atoms with Crippen molar-refractivity contribution < 1.29 is 9.53 Å². The number of thioether (sulfide) groups is 1. The molecule has 0 heterocycles. The Morgan fingerprint density at radius 1 is 1.07 bits per heavy atom. The molecular weight excluding hydrogens is 356 g/mol. The molecule has 144 valence electrons. The van der Waals surface area contributed by atoms with Crippen LogP contribution in [0.2, 0.25) is 0 Å². The van der Waals surface area contributed by atoms with Crippen molar-refractivity contribution in [1.29, 1.82) is 0 Å². The van der Waals surface area contributed by atoms with E-state index in [0.717, 1.165) is 28.3 Å². The highest BCUT2D eigenvalue weighted by molar-refractivity contribution is 7.99. The number of carbonyl (C=O) groups excluding carboxylic acids is 1. The first kappa shape index (κ1) is 21.0. The number of methoxy groups -OCH3 is 1. The summed E-state index contributed by atoms with van der Waals surface area (Å²) in [6.45, 7) is 8.46. The van der Waals surface area contributed by atoms with Crippen LogP contribution in [0.3, 0.4) is 0 Å². The predicted octanol–water partition coefficient (Wildman–Crippen LogP) is 4.77. The fourth-order valence-electron chi connectivity index (χ4n) is 2.44. The second-order valence-corrected chi connectivity index (χ2v) is 8.39. The van der Waals surface area contributed by atoms with Crippen LogP contribution in [0.1, 0.15) is 44.4 Å². The number of benzene rings is 2. The Morgan fingerprint density at radius 2 is 1.70 bits per heavy atom. The summed E-state index contributed by atoms with van der Waals surface area (Å²) in [4.78, 5) is 12.0. The molecule has 0 saturated heterocycles. The van der Waals surface area contributed by atoms with Gasteiger partial charge in [0.15, 0.2) is 0 Å². The van der Waals surface area contributed by atoms with E-state index in [0.29, 0.717) is 5.75 Å². The monoisotopic (exact) mass is 384 g/mol. The molecule has 0 spiro atoms. The summed E-state index contributed by atoms with van der Waals surface area (Å²) in [7, 11) is 1.65. The maximum Gasteiger partial charge on any atom is 0.250 e. The van der Waals surface area contributed by atoms with Crippen molar-refractivity contribution in [2.24, 2.45) is 5.10 Å². The molecule has 0 fully saturated rings. The van der Waals surface area contributed by atoms with E-state index in [-0.39, 0.29) is 11.3 Å². The average Bonchev–Trinajstić information content (AvgIpc) is 2.66. The molecule has 2 rings (SSSR count). The highest BCUT2D eigenvalue weighted by Crippen LogP contribution is 2.22. The smallest absolute Gasteiger partial charge is 0.250 e. The van der Waals surface area contributed by atoms with E-state index in [1.54, 1.807) is 18.9 Å². The fourth-order valence-corrected chi connectivity index (χ4v) is 3.22. The molecule has 2 aromatic carbocycles. The van der Waals surface area contributed by atoms with Gasteiger partial charge in [-0.25, -0.2) is 5.43 Å². The zero-order chi connectivity index (χ0) is 19.9. The van der Waals surface area contributed by atoms with Crippen molar-refractivity contribution in [3.63, 3.8) is 0 Å². The van der Waals surface area contributed by atoms with Crippen LogP contribution in [-0.2, 0) is 16.0 Å². The van der Waals surface area contributed by atoms with Gasteiger partial charge in [0.1, 0.15) is 5.75 Å². The Morgan fingerprint density at radius 3 is 2.26 bits per heavy atom. The molecule has 0 radical (unpaired) electrons. The highest BCUT2D eigenvalue weighted by Gasteiger charge is 2.13. The van der Waals surface area contributed by atoms with Crippen LogP contribution in [0.15, 0.2) is 53.6 Å². The molecule has 0 unspecified atom stereocenters. The van der Waals surface area contributed by atoms with Gasteiger partial charge in [-0.3, -0.25) is 4.79 Å². The SMILES string of the molecule is COc1ccc(CSCC(=O)N/N=C(/C)c2ccc(C(C)(C)C)cc2)cc1. The number of hydrogen-bond donors (Lipinski definition) is 1. The van der Waals surface area contributed by atoms with E-state index in [1.807, 2.05) is 43.3 Å². The zero-order valence-corrected chi connectivity index (χ0v) is 17.5. The van der Waals surface area contributed by atoms with Gasteiger partial charge in [-0.15, -0.1) is 11.8 Å². The molecular formula is C22H28N2O2S. The summed E-state index contributed by atoms with van der Waals surface area (Å²) < 4.78 is 5.14. The van der Waals surface area contributed by atoms with E-state index >= 15 is 0 Å². The largest absolute Gasteiger partial charge is 0.497 e. The molecule has 0 bridgehead atoms. The summed E-state index contributed by atoms with van der Waals surface area (Å²) in [5.41, 5.74) is 7.00. The van der Waals surface area contributed by atoms with Gasteiger partial charge in [-0.05, 0) is 41.2 Å². The van der Waals surface area contributed by atoms with Crippen molar-refractivity contribution in [2.75, 3.05) is 12.9 Å². The lowest BCUT2D eigenvalue weighted by molar-refractivity contribution is -0.118. The molecule has 0 atom stereocenters. The summed E-state index contributed by atoms with van der Waals surface area (Å²) in [5.74, 6) is 1.88. The van der Waals surface area contributed by atoms with Gasteiger partial charge in [-0.2, -0.15) is 5.10 Å². The maximum absolute atomic E-state index is 12.0. The van der Waals surface area contributed by atoms with E-state index in [1.165, 1.54) is 5.56 Å². The lowest BCUT2D eigenvalue weighted by atomic mass is 9.86. The summed E-state index contributed by atoms with van der Waals surface area (Å²) in [6.07, 6.45) is 0. The number of nitrogens with one attached hydrogen (secondary N) is 1. The molecule has 0 saturated carbocycles. The van der Waals surface area contributed by atoms with Crippen LogP contribution in [0.5, 0.6) is 5.75 Å². The first-order chi connectivity index (χ1) is 12.8. The van der Waals surface area contributed by atoms with Crippen LogP contribution >= 0.6 is 11.8 Å². The zero-order valence-electron chi connectivity index (χ0n) is 16.7. The summed E-state index contributed by atoms with van der Waals surface area (Å²) >= 11 is 1.56. The molecule has 0 aliphatic heterocycles. The van der Waals surface area contributed by atoms with Gasteiger partial charge in [-0.1, -0.05) is 57.2 Å². The standard InChI is InChI=1S/C22H28N2O2S/c1-16(18-8-10-19(11-9-18)22(2,3)4)23-24-21(25)15-27-14-17-6-12-20(26-5)13-7-17/h6-13H,14-15H2,1-5H3,(H,24,25)/b23-16-. The van der Waals surface area contributed by atoms with Crippen molar-refractivity contribution in [3.8, 4) is 5.75 Å². The van der Waals surface area contributed by atoms with E-state index in [9.17, 15) is 4.79 Å². The number of hydrazone groups is 1. The van der Waals surface area contributed by atoms with E-state index < -0.39 is 0 Å². The maximum atomic E-state index is 12.0. The van der Waals surface area contributed by atoms with Crippen molar-refractivity contribution in [1.82, 2.24) is 5.43 Å². The lowest BCUT2D eigenvalue weighted by Gasteiger charge is -2.19. The van der Waals surface area contributed by atoms with Crippen molar-refractivity contribution in [2.45, 2.75) is 38.9 Å². The summed E-state index contributed by atoms with van der Waals surface area (Å²) in [5, 5.41) is 4.22. The predicted molar refractivity (Wildman–Crippen MR) is 115 cm³/mol. The number of carbonyl (C=O) groups is 1. The molecule has 1 amide bonds. The van der Waals surface area contributed by atoms with Crippen LogP contribution in [0.25, 0.3) is 0 Å². The third kappa shape index (κ3) is 6.75. The Kier molecular flexibility index (Phi) is 7.48. The molecule has 0 aliphatic rings. The van der Waals surface area contributed by atoms with Gasteiger partial charge in [0, 0.05) is 5.75 Å². The van der Waals surface area contributed by atoms with Crippen molar-refractivity contribution in [3.05, 3.63) is 65.2 Å². The molecule has 0 aliphatic carbocycles. The Hall–Kier alpha value is -2.27.